The first-order chi connectivity index (χ1) is 9.93. The third-order valence-electron chi connectivity index (χ3n) is 3.88. The van der Waals surface area contributed by atoms with Gasteiger partial charge in [-0.3, -0.25) is 5.10 Å². The minimum Gasteiger partial charge on any atom is -0.315 e. The van der Waals surface area contributed by atoms with E-state index in [2.05, 4.69) is 29.4 Å². The Morgan fingerprint density at radius 3 is 2.86 bits per heavy atom. The van der Waals surface area contributed by atoms with Crippen LogP contribution in [0.4, 0.5) is 0 Å². The molecule has 0 aliphatic carbocycles. The van der Waals surface area contributed by atoms with E-state index in [-0.39, 0.29) is 6.04 Å². The maximum atomic E-state index is 12.8. The molecule has 0 aromatic carbocycles. The summed E-state index contributed by atoms with van der Waals surface area (Å²) in [6.07, 6.45) is 4.35. The lowest BCUT2D eigenvalue weighted by atomic mass is 10.0. The highest BCUT2D eigenvalue weighted by atomic mass is 32.2. The van der Waals surface area contributed by atoms with Crippen molar-refractivity contribution in [2.24, 2.45) is 5.92 Å². The van der Waals surface area contributed by atoms with Crippen molar-refractivity contribution in [1.29, 1.82) is 0 Å². The lowest BCUT2D eigenvalue weighted by Gasteiger charge is -2.34. The van der Waals surface area contributed by atoms with Gasteiger partial charge in [-0.05, 0) is 32.2 Å². The zero-order valence-corrected chi connectivity index (χ0v) is 13.9. The quantitative estimate of drug-likeness (QED) is 0.834. The van der Waals surface area contributed by atoms with Crippen LogP contribution in [0.2, 0.25) is 0 Å². The molecule has 1 aromatic heterocycles. The summed E-state index contributed by atoms with van der Waals surface area (Å²) in [4.78, 5) is 0.304. The summed E-state index contributed by atoms with van der Waals surface area (Å²) in [5, 5.41) is 9.95. The zero-order valence-electron chi connectivity index (χ0n) is 13.1. The van der Waals surface area contributed by atoms with Crippen molar-refractivity contribution in [3.63, 3.8) is 0 Å². The third kappa shape index (κ3) is 3.84. The fourth-order valence-electron chi connectivity index (χ4n) is 2.76. The SMILES string of the molecule is Cc1[nH]ncc1S(=O)(=O)N1CCCCC1CNCC(C)C. The second kappa shape index (κ2) is 6.89. The van der Waals surface area contributed by atoms with Gasteiger partial charge in [0, 0.05) is 19.1 Å². The van der Waals surface area contributed by atoms with Crippen LogP contribution in [-0.4, -0.2) is 48.6 Å². The summed E-state index contributed by atoms with van der Waals surface area (Å²) >= 11 is 0. The molecule has 7 heteroatoms. The molecule has 2 heterocycles. The van der Waals surface area contributed by atoms with Crippen LogP contribution in [0, 0.1) is 12.8 Å². The fourth-order valence-corrected chi connectivity index (χ4v) is 4.57. The van der Waals surface area contributed by atoms with Crippen LogP contribution in [0.3, 0.4) is 0 Å². The Hall–Kier alpha value is -0.920. The molecular weight excluding hydrogens is 288 g/mol. The van der Waals surface area contributed by atoms with E-state index in [4.69, 9.17) is 0 Å². The second-order valence-corrected chi connectivity index (χ2v) is 8.04. The molecular formula is C14H26N4O2S. The molecule has 2 N–H and O–H groups in total. The number of H-pyrrole nitrogens is 1. The van der Waals surface area contributed by atoms with Crippen LogP contribution in [0.5, 0.6) is 0 Å². The second-order valence-electron chi connectivity index (χ2n) is 6.18. The largest absolute Gasteiger partial charge is 0.315 e. The van der Waals surface area contributed by atoms with Gasteiger partial charge in [0.15, 0.2) is 0 Å². The number of hydrogen-bond acceptors (Lipinski definition) is 4. The van der Waals surface area contributed by atoms with Crippen LogP contribution >= 0.6 is 0 Å². The standard InChI is InChI=1S/C14H26N4O2S/c1-11(2)8-15-9-13-6-4-5-7-18(13)21(19,20)14-10-16-17-12(14)3/h10-11,13,15H,4-9H2,1-3H3,(H,16,17). The number of aromatic amines is 1. The lowest BCUT2D eigenvalue weighted by molar-refractivity contribution is 0.244. The van der Waals surface area contributed by atoms with Gasteiger partial charge in [-0.2, -0.15) is 9.40 Å². The van der Waals surface area contributed by atoms with Crippen LogP contribution in [0.15, 0.2) is 11.1 Å². The minimum absolute atomic E-state index is 0.0387. The van der Waals surface area contributed by atoms with Crippen molar-refractivity contribution in [2.75, 3.05) is 19.6 Å². The highest BCUT2D eigenvalue weighted by Crippen LogP contribution is 2.26. The zero-order chi connectivity index (χ0) is 15.5. The monoisotopic (exact) mass is 314 g/mol. The first-order valence-electron chi connectivity index (χ1n) is 7.65. The number of aromatic nitrogens is 2. The Morgan fingerprint density at radius 1 is 1.48 bits per heavy atom. The number of hydrogen-bond donors (Lipinski definition) is 2. The predicted molar refractivity (Wildman–Crippen MR) is 82.6 cm³/mol. The normalized spacial score (nSPS) is 21.0. The number of rotatable bonds is 6. The average Bonchev–Trinajstić information content (AvgIpc) is 2.86. The Balaban J connectivity index is 2.13. The Labute approximate surface area is 127 Å². The molecule has 0 amide bonds. The van der Waals surface area contributed by atoms with E-state index in [1.54, 1.807) is 11.2 Å². The van der Waals surface area contributed by atoms with Gasteiger partial charge in [-0.15, -0.1) is 0 Å². The molecule has 1 unspecified atom stereocenters. The number of nitrogens with one attached hydrogen (secondary N) is 2. The molecule has 1 saturated heterocycles. The van der Waals surface area contributed by atoms with E-state index in [0.29, 0.717) is 29.6 Å². The maximum absolute atomic E-state index is 12.8. The molecule has 2 rings (SSSR count). The van der Waals surface area contributed by atoms with Gasteiger partial charge in [0.2, 0.25) is 10.0 Å². The number of nitrogens with zero attached hydrogens (tertiary/aromatic N) is 2. The molecule has 1 fully saturated rings. The molecule has 0 bridgehead atoms. The van der Waals surface area contributed by atoms with Crippen molar-refractivity contribution in [3.05, 3.63) is 11.9 Å². The summed E-state index contributed by atoms with van der Waals surface area (Å²) in [6.45, 7) is 8.27. The predicted octanol–water partition coefficient (Wildman–Crippen LogP) is 1.51. The van der Waals surface area contributed by atoms with Gasteiger partial charge in [-0.1, -0.05) is 20.3 Å². The fraction of sp³-hybridized carbons (Fsp3) is 0.786. The van der Waals surface area contributed by atoms with Crippen molar-refractivity contribution < 1.29 is 8.42 Å². The van der Waals surface area contributed by atoms with E-state index >= 15 is 0 Å². The minimum atomic E-state index is -3.45. The molecule has 120 valence electrons. The van der Waals surface area contributed by atoms with Crippen LogP contribution in [0.1, 0.15) is 38.8 Å². The average molecular weight is 314 g/mol. The smallest absolute Gasteiger partial charge is 0.246 e. The van der Waals surface area contributed by atoms with E-state index in [1.165, 1.54) is 6.20 Å². The van der Waals surface area contributed by atoms with Crippen molar-refractivity contribution in [3.8, 4) is 0 Å². The highest BCUT2D eigenvalue weighted by molar-refractivity contribution is 7.89. The molecule has 0 radical (unpaired) electrons. The molecule has 1 atom stereocenters. The van der Waals surface area contributed by atoms with Gasteiger partial charge >= 0.3 is 0 Å². The van der Waals surface area contributed by atoms with Gasteiger partial charge in [0.1, 0.15) is 4.90 Å². The summed E-state index contributed by atoms with van der Waals surface area (Å²) in [5.74, 6) is 0.565. The molecule has 1 aliphatic heterocycles. The summed E-state index contributed by atoms with van der Waals surface area (Å²) in [6, 6.07) is 0.0387. The van der Waals surface area contributed by atoms with Crippen molar-refractivity contribution >= 4 is 10.0 Å². The topological polar surface area (TPSA) is 78.1 Å². The number of sulfonamides is 1. The first-order valence-corrected chi connectivity index (χ1v) is 9.09. The third-order valence-corrected chi connectivity index (χ3v) is 5.94. The molecule has 1 aromatic rings. The van der Waals surface area contributed by atoms with E-state index in [9.17, 15) is 8.42 Å². The molecule has 6 nitrogen and oxygen atoms in total. The van der Waals surface area contributed by atoms with Gasteiger partial charge < -0.3 is 5.32 Å². The van der Waals surface area contributed by atoms with E-state index in [0.717, 1.165) is 25.8 Å². The number of piperidine rings is 1. The summed E-state index contributed by atoms with van der Waals surface area (Å²) < 4.78 is 27.3. The number of aryl methyl sites for hydroxylation is 1. The Bertz CT molecular complexity index is 553. The van der Waals surface area contributed by atoms with Gasteiger partial charge in [-0.25, -0.2) is 8.42 Å². The summed E-state index contributed by atoms with van der Waals surface area (Å²) in [5.41, 5.74) is 0.606. The van der Waals surface area contributed by atoms with Crippen LogP contribution in [0.25, 0.3) is 0 Å². The lowest BCUT2D eigenvalue weighted by Crippen LogP contribution is -2.48. The van der Waals surface area contributed by atoms with E-state index in [1.807, 2.05) is 0 Å². The molecule has 1 aliphatic rings. The molecule has 0 saturated carbocycles. The first kappa shape index (κ1) is 16.5. The summed E-state index contributed by atoms with van der Waals surface area (Å²) in [7, 11) is -3.45. The Kier molecular flexibility index (Phi) is 5.40. The van der Waals surface area contributed by atoms with Gasteiger partial charge in [0.25, 0.3) is 0 Å². The van der Waals surface area contributed by atoms with Crippen LogP contribution < -0.4 is 5.32 Å². The van der Waals surface area contributed by atoms with Gasteiger partial charge in [0.05, 0.1) is 11.9 Å². The Morgan fingerprint density at radius 2 is 2.24 bits per heavy atom. The van der Waals surface area contributed by atoms with E-state index < -0.39 is 10.0 Å². The van der Waals surface area contributed by atoms with Crippen molar-refractivity contribution in [2.45, 2.75) is 51.0 Å². The molecule has 21 heavy (non-hydrogen) atoms. The maximum Gasteiger partial charge on any atom is 0.246 e. The van der Waals surface area contributed by atoms with Crippen molar-refractivity contribution in [1.82, 2.24) is 19.8 Å². The highest BCUT2D eigenvalue weighted by Gasteiger charge is 2.34. The van der Waals surface area contributed by atoms with Crippen LogP contribution in [-0.2, 0) is 10.0 Å². The molecule has 0 spiro atoms.